The van der Waals surface area contributed by atoms with E-state index in [-0.39, 0.29) is 18.6 Å². The second-order valence-electron chi connectivity index (χ2n) is 7.22. The summed E-state index contributed by atoms with van der Waals surface area (Å²) in [6.45, 7) is 0.595. The molecule has 2 atom stereocenters. The van der Waals surface area contributed by atoms with Crippen LogP contribution < -0.4 is 4.74 Å². The molecule has 0 saturated carbocycles. The highest BCUT2D eigenvalue weighted by Crippen LogP contribution is 2.40. The molecule has 2 aliphatic rings. The smallest absolute Gasteiger partial charge is 0.328 e. The van der Waals surface area contributed by atoms with Crippen LogP contribution in [-0.4, -0.2) is 47.2 Å². The SMILES string of the molecule is O=C(O)C=CC1Cc2cc(-c3ccc(C(=O)N4CC[C@H](F)C4)cc3)cc(Cl)c2O1. The van der Waals surface area contributed by atoms with Gasteiger partial charge in [-0.25, -0.2) is 9.18 Å². The molecule has 0 radical (unpaired) electrons. The van der Waals surface area contributed by atoms with Crippen molar-refractivity contribution in [2.24, 2.45) is 0 Å². The van der Waals surface area contributed by atoms with Gasteiger partial charge in [0.1, 0.15) is 18.0 Å². The third-order valence-electron chi connectivity index (χ3n) is 5.15. The summed E-state index contributed by atoms with van der Waals surface area (Å²) in [4.78, 5) is 24.7. The normalized spacial score (nSPS) is 20.7. The molecule has 0 aliphatic carbocycles. The molecule has 0 aromatic heterocycles. The van der Waals surface area contributed by atoms with Crippen molar-refractivity contribution in [2.75, 3.05) is 13.1 Å². The highest BCUT2D eigenvalue weighted by molar-refractivity contribution is 6.32. The lowest BCUT2D eigenvalue weighted by molar-refractivity contribution is -0.131. The van der Waals surface area contributed by atoms with Gasteiger partial charge in [-0.2, -0.15) is 0 Å². The van der Waals surface area contributed by atoms with Gasteiger partial charge in [0.15, 0.2) is 0 Å². The fourth-order valence-corrected chi connectivity index (χ4v) is 3.98. The molecule has 1 fully saturated rings. The molecule has 1 N–H and O–H groups in total. The maximum absolute atomic E-state index is 13.3. The fraction of sp³-hybridized carbons (Fsp3) is 0.273. The van der Waals surface area contributed by atoms with Crippen LogP contribution in [0.3, 0.4) is 0 Å². The molecule has 4 rings (SSSR count). The van der Waals surface area contributed by atoms with Gasteiger partial charge in [0.05, 0.1) is 11.6 Å². The van der Waals surface area contributed by atoms with Crippen LogP contribution in [0.25, 0.3) is 11.1 Å². The van der Waals surface area contributed by atoms with E-state index in [4.69, 9.17) is 21.4 Å². The van der Waals surface area contributed by atoms with E-state index in [0.29, 0.717) is 35.7 Å². The van der Waals surface area contributed by atoms with E-state index in [1.807, 2.05) is 18.2 Å². The molecule has 1 unspecified atom stereocenters. The van der Waals surface area contributed by atoms with Crippen LogP contribution in [0.15, 0.2) is 48.6 Å². The van der Waals surface area contributed by atoms with E-state index in [9.17, 15) is 14.0 Å². The van der Waals surface area contributed by atoms with Gasteiger partial charge in [-0.15, -0.1) is 0 Å². The van der Waals surface area contributed by atoms with Crippen molar-refractivity contribution >= 4 is 23.5 Å². The van der Waals surface area contributed by atoms with Crippen LogP contribution >= 0.6 is 11.6 Å². The van der Waals surface area contributed by atoms with Gasteiger partial charge >= 0.3 is 5.97 Å². The molecule has 5 nitrogen and oxygen atoms in total. The van der Waals surface area contributed by atoms with Gasteiger partial charge in [0, 0.05) is 30.2 Å². The third kappa shape index (κ3) is 4.12. The van der Waals surface area contributed by atoms with Crippen LogP contribution in [0.1, 0.15) is 22.3 Å². The summed E-state index contributed by atoms with van der Waals surface area (Å²) in [6.07, 6.45) is 2.17. The summed E-state index contributed by atoms with van der Waals surface area (Å²) < 4.78 is 19.1. The van der Waals surface area contributed by atoms with Crippen LogP contribution in [0.5, 0.6) is 5.75 Å². The van der Waals surface area contributed by atoms with Crippen LogP contribution in [0, 0.1) is 0 Å². The lowest BCUT2D eigenvalue weighted by atomic mass is 9.99. The molecule has 29 heavy (non-hydrogen) atoms. The monoisotopic (exact) mass is 415 g/mol. The zero-order chi connectivity index (χ0) is 20.5. The molecule has 1 saturated heterocycles. The Morgan fingerprint density at radius 1 is 1.21 bits per heavy atom. The predicted molar refractivity (Wildman–Crippen MR) is 107 cm³/mol. The number of carboxylic acids is 1. The standard InChI is InChI=1S/C22H19ClFNO4/c23-19-11-15(9-16-10-18(29-21(16)19)5-6-20(26)27)13-1-3-14(4-2-13)22(28)25-8-7-17(24)12-25/h1-6,9,11,17-18H,7-8,10,12H2,(H,26,27)/t17-,18?/m0/s1. The summed E-state index contributed by atoms with van der Waals surface area (Å²) in [5.41, 5.74) is 3.20. The summed E-state index contributed by atoms with van der Waals surface area (Å²) in [5, 5.41) is 9.22. The van der Waals surface area contributed by atoms with Crippen molar-refractivity contribution in [3.05, 3.63) is 64.7 Å². The van der Waals surface area contributed by atoms with Gasteiger partial charge < -0.3 is 14.7 Å². The Balaban J connectivity index is 1.53. The number of fused-ring (bicyclic) bond motifs is 1. The van der Waals surface area contributed by atoms with E-state index in [2.05, 4.69) is 0 Å². The number of ether oxygens (including phenoxy) is 1. The maximum atomic E-state index is 13.3. The van der Waals surface area contributed by atoms with Crippen molar-refractivity contribution in [3.8, 4) is 16.9 Å². The molecule has 150 valence electrons. The van der Waals surface area contributed by atoms with Crippen molar-refractivity contribution in [1.29, 1.82) is 0 Å². The minimum Gasteiger partial charge on any atom is -0.484 e. The quantitative estimate of drug-likeness (QED) is 0.762. The van der Waals surface area contributed by atoms with Crippen molar-refractivity contribution in [3.63, 3.8) is 0 Å². The van der Waals surface area contributed by atoms with Crippen LogP contribution in [0.4, 0.5) is 4.39 Å². The maximum Gasteiger partial charge on any atom is 0.328 e. The first kappa shape index (κ1) is 19.5. The first-order valence-electron chi connectivity index (χ1n) is 9.34. The number of amides is 1. The Labute approximate surface area is 172 Å². The molecule has 2 aromatic rings. The molecule has 2 aliphatic heterocycles. The average molecular weight is 416 g/mol. The van der Waals surface area contributed by atoms with E-state index < -0.39 is 12.1 Å². The molecular formula is C22H19ClFNO4. The Hall–Kier alpha value is -2.86. The topological polar surface area (TPSA) is 66.8 Å². The zero-order valence-corrected chi connectivity index (χ0v) is 16.2. The molecule has 1 amide bonds. The number of halogens is 2. The number of carbonyl (C=O) groups excluding carboxylic acids is 1. The number of rotatable bonds is 4. The number of carboxylic acid groups (broad SMARTS) is 1. The predicted octanol–water partition coefficient (Wildman–Crippen LogP) is 4.14. The number of aliphatic carboxylic acids is 1. The van der Waals surface area contributed by atoms with E-state index in [1.165, 1.54) is 11.0 Å². The zero-order valence-electron chi connectivity index (χ0n) is 15.5. The molecule has 0 bridgehead atoms. The minimum atomic E-state index is -1.03. The summed E-state index contributed by atoms with van der Waals surface area (Å²) >= 11 is 6.37. The second kappa shape index (κ2) is 7.87. The van der Waals surface area contributed by atoms with E-state index in [0.717, 1.165) is 22.8 Å². The largest absolute Gasteiger partial charge is 0.484 e. The fourth-order valence-electron chi connectivity index (χ4n) is 3.70. The highest BCUT2D eigenvalue weighted by Gasteiger charge is 2.27. The Morgan fingerprint density at radius 3 is 2.62 bits per heavy atom. The van der Waals surface area contributed by atoms with Gasteiger partial charge in [0.25, 0.3) is 5.91 Å². The molecule has 7 heteroatoms. The molecular weight excluding hydrogens is 397 g/mol. The Morgan fingerprint density at radius 2 is 1.97 bits per heavy atom. The second-order valence-corrected chi connectivity index (χ2v) is 7.63. The average Bonchev–Trinajstić information content (AvgIpc) is 3.32. The van der Waals surface area contributed by atoms with Crippen LogP contribution in [0.2, 0.25) is 5.02 Å². The number of hydrogen-bond donors (Lipinski definition) is 1. The number of hydrogen-bond acceptors (Lipinski definition) is 3. The summed E-state index contributed by atoms with van der Waals surface area (Å²) in [5.74, 6) is -0.621. The molecule has 0 spiro atoms. The lowest BCUT2D eigenvalue weighted by Gasteiger charge is -2.15. The number of benzene rings is 2. The lowest BCUT2D eigenvalue weighted by Crippen LogP contribution is -2.28. The van der Waals surface area contributed by atoms with E-state index >= 15 is 0 Å². The number of nitrogens with zero attached hydrogens (tertiary/aromatic N) is 1. The van der Waals surface area contributed by atoms with Gasteiger partial charge in [0.2, 0.25) is 0 Å². The van der Waals surface area contributed by atoms with E-state index in [1.54, 1.807) is 18.2 Å². The highest BCUT2D eigenvalue weighted by atomic mass is 35.5. The third-order valence-corrected chi connectivity index (χ3v) is 5.43. The Bertz CT molecular complexity index is 989. The van der Waals surface area contributed by atoms with Crippen molar-refractivity contribution in [2.45, 2.75) is 25.1 Å². The first-order chi connectivity index (χ1) is 13.9. The molecule has 2 heterocycles. The van der Waals surface area contributed by atoms with Crippen LogP contribution in [-0.2, 0) is 11.2 Å². The summed E-state index contributed by atoms with van der Waals surface area (Å²) in [7, 11) is 0. The number of likely N-dealkylation sites (tertiary alicyclic amines) is 1. The van der Waals surface area contributed by atoms with Gasteiger partial charge in [-0.1, -0.05) is 23.7 Å². The molecule has 2 aromatic carbocycles. The summed E-state index contributed by atoms with van der Waals surface area (Å²) in [6, 6.07) is 10.9. The van der Waals surface area contributed by atoms with Gasteiger partial charge in [-0.3, -0.25) is 4.79 Å². The van der Waals surface area contributed by atoms with Gasteiger partial charge in [-0.05, 0) is 47.9 Å². The van der Waals surface area contributed by atoms with Crippen molar-refractivity contribution < 1.29 is 23.8 Å². The van der Waals surface area contributed by atoms with Crippen molar-refractivity contribution in [1.82, 2.24) is 4.90 Å². The first-order valence-corrected chi connectivity index (χ1v) is 9.72. The number of alkyl halides is 1. The minimum absolute atomic E-state index is 0.151. The Kier molecular flexibility index (Phi) is 5.28. The number of carbonyl (C=O) groups is 2.